The second kappa shape index (κ2) is 7.02. The van der Waals surface area contributed by atoms with Crippen LogP contribution in [0.25, 0.3) is 11.4 Å². The highest BCUT2D eigenvalue weighted by molar-refractivity contribution is 7.89. The SMILES string of the molecule is CN(Cc1nc(-c2ccccc2)no1)S(=O)(=O)c1cccc([N+](=O)[O-])c1. The number of benzene rings is 2. The van der Waals surface area contributed by atoms with Gasteiger partial charge in [-0.05, 0) is 6.07 Å². The Kier molecular flexibility index (Phi) is 4.78. The van der Waals surface area contributed by atoms with E-state index in [0.717, 1.165) is 15.9 Å². The molecule has 0 spiro atoms. The van der Waals surface area contributed by atoms with E-state index in [0.29, 0.717) is 5.82 Å². The highest BCUT2D eigenvalue weighted by atomic mass is 32.2. The Labute approximate surface area is 149 Å². The quantitative estimate of drug-likeness (QED) is 0.480. The maximum Gasteiger partial charge on any atom is 0.270 e. The molecule has 1 heterocycles. The Morgan fingerprint density at radius 2 is 1.88 bits per heavy atom. The molecular weight excluding hydrogens is 360 g/mol. The molecule has 0 amide bonds. The van der Waals surface area contributed by atoms with Crippen molar-refractivity contribution in [3.8, 4) is 11.4 Å². The molecule has 0 fully saturated rings. The van der Waals surface area contributed by atoms with Gasteiger partial charge < -0.3 is 4.52 Å². The molecule has 10 heteroatoms. The van der Waals surface area contributed by atoms with Crippen molar-refractivity contribution in [2.75, 3.05) is 7.05 Å². The molecule has 0 aliphatic heterocycles. The predicted octanol–water partition coefficient (Wildman–Crippen LogP) is 2.47. The van der Waals surface area contributed by atoms with E-state index in [1.54, 1.807) is 12.1 Å². The fraction of sp³-hybridized carbons (Fsp3) is 0.125. The summed E-state index contributed by atoms with van der Waals surface area (Å²) in [7, 11) is -2.61. The molecule has 0 atom stereocenters. The van der Waals surface area contributed by atoms with Gasteiger partial charge in [0.05, 0.1) is 16.4 Å². The minimum atomic E-state index is -3.95. The number of hydrogen-bond acceptors (Lipinski definition) is 7. The first-order chi connectivity index (χ1) is 12.4. The van der Waals surface area contributed by atoms with Crippen LogP contribution in [0.3, 0.4) is 0 Å². The number of rotatable bonds is 6. The van der Waals surface area contributed by atoms with Crippen LogP contribution in [-0.4, -0.2) is 34.8 Å². The van der Waals surface area contributed by atoms with E-state index < -0.39 is 14.9 Å². The Morgan fingerprint density at radius 1 is 1.15 bits per heavy atom. The lowest BCUT2D eigenvalue weighted by Gasteiger charge is -2.14. The van der Waals surface area contributed by atoms with Crippen molar-refractivity contribution in [2.24, 2.45) is 0 Å². The molecular formula is C16H14N4O5S. The molecule has 1 aromatic heterocycles. The zero-order valence-corrected chi connectivity index (χ0v) is 14.5. The number of sulfonamides is 1. The van der Waals surface area contributed by atoms with E-state index in [1.165, 1.54) is 25.2 Å². The fourth-order valence-corrected chi connectivity index (χ4v) is 3.40. The maximum absolute atomic E-state index is 12.6. The number of nitro benzene ring substituents is 1. The van der Waals surface area contributed by atoms with Gasteiger partial charge in [0.2, 0.25) is 21.7 Å². The molecule has 0 bridgehead atoms. The lowest BCUT2D eigenvalue weighted by atomic mass is 10.2. The zero-order chi connectivity index (χ0) is 18.7. The summed E-state index contributed by atoms with van der Waals surface area (Å²) in [6.45, 7) is -0.162. The van der Waals surface area contributed by atoms with Crippen LogP contribution < -0.4 is 0 Å². The molecule has 26 heavy (non-hydrogen) atoms. The van der Waals surface area contributed by atoms with Gasteiger partial charge in [0.1, 0.15) is 0 Å². The normalized spacial score (nSPS) is 11.6. The highest BCUT2D eigenvalue weighted by Crippen LogP contribution is 2.22. The maximum atomic E-state index is 12.6. The van der Waals surface area contributed by atoms with Gasteiger partial charge in [-0.25, -0.2) is 8.42 Å². The van der Waals surface area contributed by atoms with Crippen molar-refractivity contribution in [1.82, 2.24) is 14.4 Å². The van der Waals surface area contributed by atoms with Crippen LogP contribution in [0.4, 0.5) is 5.69 Å². The van der Waals surface area contributed by atoms with Gasteiger partial charge in [0, 0.05) is 24.7 Å². The van der Waals surface area contributed by atoms with Gasteiger partial charge in [0.15, 0.2) is 0 Å². The Morgan fingerprint density at radius 3 is 2.58 bits per heavy atom. The Bertz CT molecular complexity index is 1030. The molecule has 0 saturated carbocycles. The van der Waals surface area contributed by atoms with Crippen LogP contribution in [0.1, 0.15) is 5.89 Å². The van der Waals surface area contributed by atoms with E-state index in [-0.39, 0.29) is 23.0 Å². The summed E-state index contributed by atoms with van der Waals surface area (Å²) in [4.78, 5) is 14.2. The number of non-ortho nitro benzene ring substituents is 1. The van der Waals surface area contributed by atoms with Crippen molar-refractivity contribution in [3.63, 3.8) is 0 Å². The molecule has 0 unspecified atom stereocenters. The van der Waals surface area contributed by atoms with Crippen molar-refractivity contribution in [3.05, 3.63) is 70.6 Å². The first-order valence-electron chi connectivity index (χ1n) is 7.47. The first-order valence-corrected chi connectivity index (χ1v) is 8.91. The van der Waals surface area contributed by atoms with Crippen LogP contribution in [0.2, 0.25) is 0 Å². The van der Waals surface area contributed by atoms with E-state index in [1.807, 2.05) is 18.2 Å². The minimum Gasteiger partial charge on any atom is -0.338 e. The van der Waals surface area contributed by atoms with E-state index in [4.69, 9.17) is 4.52 Å². The second-order valence-corrected chi connectivity index (χ2v) is 7.44. The number of hydrogen-bond donors (Lipinski definition) is 0. The highest BCUT2D eigenvalue weighted by Gasteiger charge is 2.25. The van der Waals surface area contributed by atoms with E-state index in [2.05, 4.69) is 10.1 Å². The lowest BCUT2D eigenvalue weighted by Crippen LogP contribution is -2.26. The van der Waals surface area contributed by atoms with Crippen LogP contribution >= 0.6 is 0 Å². The molecule has 2 aromatic carbocycles. The van der Waals surface area contributed by atoms with Crippen LogP contribution in [0.5, 0.6) is 0 Å². The van der Waals surface area contributed by atoms with Crippen LogP contribution in [0.15, 0.2) is 64.0 Å². The minimum absolute atomic E-state index is 0.111. The van der Waals surface area contributed by atoms with Gasteiger partial charge in [-0.3, -0.25) is 10.1 Å². The molecule has 9 nitrogen and oxygen atoms in total. The van der Waals surface area contributed by atoms with Gasteiger partial charge in [-0.1, -0.05) is 41.6 Å². The average molecular weight is 374 g/mol. The van der Waals surface area contributed by atoms with Crippen molar-refractivity contribution in [2.45, 2.75) is 11.4 Å². The number of aromatic nitrogens is 2. The summed E-state index contributed by atoms with van der Waals surface area (Å²) in [6.07, 6.45) is 0. The first kappa shape index (κ1) is 17.7. The monoisotopic (exact) mass is 374 g/mol. The van der Waals surface area contributed by atoms with Gasteiger partial charge in [-0.15, -0.1) is 0 Å². The number of nitrogens with zero attached hydrogens (tertiary/aromatic N) is 4. The molecule has 0 saturated heterocycles. The van der Waals surface area contributed by atoms with Gasteiger partial charge >= 0.3 is 0 Å². The van der Waals surface area contributed by atoms with Crippen LogP contribution in [-0.2, 0) is 16.6 Å². The largest absolute Gasteiger partial charge is 0.338 e. The third kappa shape index (κ3) is 3.60. The lowest BCUT2D eigenvalue weighted by molar-refractivity contribution is -0.385. The van der Waals surface area contributed by atoms with Crippen molar-refractivity contribution >= 4 is 15.7 Å². The third-order valence-corrected chi connectivity index (χ3v) is 5.39. The summed E-state index contributed by atoms with van der Waals surface area (Å²) in [5.41, 5.74) is 0.440. The summed E-state index contributed by atoms with van der Waals surface area (Å²) >= 11 is 0. The van der Waals surface area contributed by atoms with Gasteiger partial charge in [-0.2, -0.15) is 9.29 Å². The Balaban J connectivity index is 1.81. The van der Waals surface area contributed by atoms with Crippen molar-refractivity contribution in [1.29, 1.82) is 0 Å². The topological polar surface area (TPSA) is 119 Å². The van der Waals surface area contributed by atoms with Crippen LogP contribution in [0, 0.1) is 10.1 Å². The summed E-state index contributed by atoms with van der Waals surface area (Å²) in [5.74, 6) is 0.460. The molecule has 3 aromatic rings. The van der Waals surface area contributed by atoms with E-state index in [9.17, 15) is 18.5 Å². The smallest absolute Gasteiger partial charge is 0.270 e. The Hall–Kier alpha value is -3.11. The molecule has 0 N–H and O–H groups in total. The zero-order valence-electron chi connectivity index (χ0n) is 13.6. The molecule has 3 rings (SSSR count). The van der Waals surface area contributed by atoms with Gasteiger partial charge in [0.25, 0.3) is 5.69 Å². The second-order valence-electron chi connectivity index (χ2n) is 5.39. The predicted molar refractivity (Wildman–Crippen MR) is 91.5 cm³/mol. The molecule has 134 valence electrons. The molecule has 0 aliphatic carbocycles. The third-order valence-electron chi connectivity index (χ3n) is 3.59. The van der Waals surface area contributed by atoms with Crippen molar-refractivity contribution < 1.29 is 17.9 Å². The average Bonchev–Trinajstić information content (AvgIpc) is 3.11. The molecule has 0 radical (unpaired) electrons. The number of nitro groups is 1. The molecule has 0 aliphatic rings. The summed E-state index contributed by atoms with van der Waals surface area (Å²) in [5, 5.41) is 14.7. The summed E-state index contributed by atoms with van der Waals surface area (Å²) < 4.78 is 31.3. The fourth-order valence-electron chi connectivity index (χ4n) is 2.24. The summed E-state index contributed by atoms with van der Waals surface area (Å²) in [6, 6.07) is 14.0. The van der Waals surface area contributed by atoms with E-state index >= 15 is 0 Å². The standard InChI is InChI=1S/C16H14N4O5S/c1-19(26(23,24)14-9-5-8-13(10-14)20(21)22)11-15-17-16(18-25-15)12-6-3-2-4-7-12/h2-10H,11H2,1H3.